The van der Waals surface area contributed by atoms with Crippen LogP contribution in [0.15, 0.2) is 22.4 Å². The first-order valence-electron chi connectivity index (χ1n) is 4.15. The van der Waals surface area contributed by atoms with Gasteiger partial charge < -0.3 is 10.5 Å². The monoisotopic (exact) mass is 225 g/mol. The summed E-state index contributed by atoms with van der Waals surface area (Å²) in [5.41, 5.74) is 6.73. The van der Waals surface area contributed by atoms with Crippen molar-refractivity contribution >= 4 is 38.9 Å². The Morgan fingerprint density at radius 1 is 1.50 bits per heavy atom. The molecule has 2 aromatic rings. The Labute approximate surface area is 91.1 Å². The third-order valence-electron chi connectivity index (χ3n) is 2.11. The molecule has 1 heterocycles. The van der Waals surface area contributed by atoms with E-state index in [-0.39, 0.29) is 0 Å². The van der Waals surface area contributed by atoms with Crippen LogP contribution < -0.4 is 10.5 Å². The Balaban J connectivity index is 2.81. The molecule has 0 aliphatic rings. The van der Waals surface area contributed by atoms with E-state index in [1.165, 1.54) is 10.1 Å². The predicted octanol–water partition coefficient (Wildman–Crippen LogP) is 3.21. The maximum atomic E-state index is 5.94. The lowest BCUT2D eigenvalue weighted by Gasteiger charge is -2.08. The van der Waals surface area contributed by atoms with Gasteiger partial charge in [-0.15, -0.1) is 23.1 Å². The molecule has 0 atom stereocenters. The lowest BCUT2D eigenvalue weighted by molar-refractivity contribution is 0.420. The maximum Gasteiger partial charge on any atom is 0.138 e. The lowest BCUT2D eigenvalue weighted by Crippen LogP contribution is -1.91. The van der Waals surface area contributed by atoms with Crippen LogP contribution in [0.25, 0.3) is 10.1 Å². The van der Waals surface area contributed by atoms with E-state index in [9.17, 15) is 0 Å². The molecule has 0 spiro atoms. The second-order valence-corrected chi connectivity index (χ2v) is 4.60. The Morgan fingerprint density at radius 3 is 2.93 bits per heavy atom. The molecular formula is C10H11NOS2. The van der Waals surface area contributed by atoms with E-state index < -0.39 is 0 Å². The molecule has 0 radical (unpaired) electrons. The number of thioether (sulfide) groups is 1. The van der Waals surface area contributed by atoms with Gasteiger partial charge >= 0.3 is 0 Å². The van der Waals surface area contributed by atoms with Crippen LogP contribution in [-0.2, 0) is 0 Å². The molecule has 1 aromatic heterocycles. The number of benzene rings is 1. The molecule has 0 aliphatic carbocycles. The van der Waals surface area contributed by atoms with E-state index >= 15 is 0 Å². The first-order valence-corrected chi connectivity index (χ1v) is 6.26. The highest BCUT2D eigenvalue weighted by atomic mass is 32.2. The molecular weight excluding hydrogens is 214 g/mol. The number of fused-ring (bicyclic) bond motifs is 1. The second-order valence-electron chi connectivity index (χ2n) is 2.86. The topological polar surface area (TPSA) is 35.2 Å². The highest BCUT2D eigenvalue weighted by Crippen LogP contribution is 2.40. The molecule has 4 heteroatoms. The standard InChI is InChI=1S/C10H11NOS2/c1-12-8-5-7(11)9(13-2)6-3-4-14-10(6)8/h3-5H,11H2,1-2H3. The first-order chi connectivity index (χ1) is 6.77. The highest BCUT2D eigenvalue weighted by molar-refractivity contribution is 7.99. The van der Waals surface area contributed by atoms with E-state index in [0.717, 1.165) is 16.3 Å². The largest absolute Gasteiger partial charge is 0.495 e. The van der Waals surface area contributed by atoms with Crippen LogP contribution in [0.2, 0.25) is 0 Å². The minimum absolute atomic E-state index is 0.792. The van der Waals surface area contributed by atoms with Crippen molar-refractivity contribution in [3.63, 3.8) is 0 Å². The molecule has 0 saturated heterocycles. The average Bonchev–Trinajstić information content (AvgIpc) is 2.65. The van der Waals surface area contributed by atoms with E-state index in [4.69, 9.17) is 10.5 Å². The van der Waals surface area contributed by atoms with Crippen LogP contribution in [0, 0.1) is 0 Å². The molecule has 1 aromatic carbocycles. The number of hydrogen-bond donors (Lipinski definition) is 1. The summed E-state index contributed by atoms with van der Waals surface area (Å²) in [7, 11) is 1.67. The van der Waals surface area contributed by atoms with E-state index in [1.54, 1.807) is 30.2 Å². The van der Waals surface area contributed by atoms with Crippen molar-refractivity contribution in [1.29, 1.82) is 0 Å². The number of methoxy groups -OCH3 is 1. The highest BCUT2D eigenvalue weighted by Gasteiger charge is 2.10. The van der Waals surface area contributed by atoms with Crippen molar-refractivity contribution in [2.45, 2.75) is 4.90 Å². The normalized spacial score (nSPS) is 10.7. The fourth-order valence-corrected chi connectivity index (χ4v) is 3.13. The summed E-state index contributed by atoms with van der Waals surface area (Å²) in [6.07, 6.45) is 2.04. The lowest BCUT2D eigenvalue weighted by atomic mass is 10.2. The van der Waals surface area contributed by atoms with Crippen molar-refractivity contribution in [2.75, 3.05) is 19.1 Å². The van der Waals surface area contributed by atoms with Gasteiger partial charge in [-0.25, -0.2) is 0 Å². The third kappa shape index (κ3) is 1.35. The number of rotatable bonds is 2. The van der Waals surface area contributed by atoms with Crippen molar-refractivity contribution < 1.29 is 4.74 Å². The predicted molar refractivity (Wildman–Crippen MR) is 64.6 cm³/mol. The van der Waals surface area contributed by atoms with Gasteiger partial charge in [0.15, 0.2) is 0 Å². The van der Waals surface area contributed by atoms with E-state index in [2.05, 4.69) is 11.4 Å². The van der Waals surface area contributed by atoms with Crippen LogP contribution in [0.3, 0.4) is 0 Å². The Bertz CT molecular complexity index is 464. The molecule has 0 unspecified atom stereocenters. The Hall–Kier alpha value is -0.870. The minimum Gasteiger partial charge on any atom is -0.495 e. The molecule has 74 valence electrons. The zero-order valence-electron chi connectivity index (χ0n) is 8.03. The number of thiophene rings is 1. The molecule has 0 amide bonds. The van der Waals surface area contributed by atoms with Crippen LogP contribution >= 0.6 is 23.1 Å². The van der Waals surface area contributed by atoms with Gasteiger partial charge in [-0.3, -0.25) is 0 Å². The molecule has 0 saturated carbocycles. The van der Waals surface area contributed by atoms with Crippen LogP contribution in [0.4, 0.5) is 5.69 Å². The van der Waals surface area contributed by atoms with Crippen LogP contribution in [0.1, 0.15) is 0 Å². The van der Waals surface area contributed by atoms with Gasteiger partial charge in [-0.2, -0.15) is 0 Å². The fourth-order valence-electron chi connectivity index (χ4n) is 1.49. The van der Waals surface area contributed by atoms with E-state index in [1.807, 2.05) is 12.3 Å². The quantitative estimate of drug-likeness (QED) is 0.629. The summed E-state index contributed by atoms with van der Waals surface area (Å²) in [6, 6.07) is 3.98. The van der Waals surface area contributed by atoms with Crippen molar-refractivity contribution in [2.24, 2.45) is 0 Å². The molecule has 0 bridgehead atoms. The summed E-state index contributed by atoms with van der Waals surface area (Å²) in [4.78, 5) is 1.14. The fraction of sp³-hybridized carbons (Fsp3) is 0.200. The smallest absolute Gasteiger partial charge is 0.138 e. The molecule has 2 rings (SSSR count). The minimum atomic E-state index is 0.792. The average molecular weight is 225 g/mol. The molecule has 2 N–H and O–H groups in total. The zero-order valence-corrected chi connectivity index (χ0v) is 9.67. The molecule has 2 nitrogen and oxygen atoms in total. The van der Waals surface area contributed by atoms with Crippen molar-refractivity contribution in [1.82, 2.24) is 0 Å². The zero-order chi connectivity index (χ0) is 10.1. The summed E-state index contributed by atoms with van der Waals surface area (Å²) >= 11 is 3.36. The van der Waals surface area contributed by atoms with Gasteiger partial charge in [0, 0.05) is 22.0 Å². The number of hydrogen-bond acceptors (Lipinski definition) is 4. The number of nitrogens with two attached hydrogens (primary N) is 1. The number of nitrogen functional groups attached to an aromatic ring is 1. The first kappa shape index (κ1) is 9.68. The van der Waals surface area contributed by atoms with E-state index in [0.29, 0.717) is 0 Å². The van der Waals surface area contributed by atoms with Crippen molar-refractivity contribution in [3.05, 3.63) is 17.5 Å². The van der Waals surface area contributed by atoms with Gasteiger partial charge in [-0.05, 0) is 17.7 Å². The van der Waals surface area contributed by atoms with Crippen LogP contribution in [-0.4, -0.2) is 13.4 Å². The van der Waals surface area contributed by atoms with Gasteiger partial charge in [0.2, 0.25) is 0 Å². The SMILES string of the molecule is COc1cc(N)c(SC)c2ccsc12. The summed E-state index contributed by atoms with van der Waals surface area (Å²) in [6.45, 7) is 0. The van der Waals surface area contributed by atoms with Gasteiger partial charge in [-0.1, -0.05) is 0 Å². The Kier molecular flexibility index (Phi) is 2.56. The van der Waals surface area contributed by atoms with Crippen LogP contribution in [0.5, 0.6) is 5.75 Å². The molecule has 0 aliphatic heterocycles. The summed E-state index contributed by atoms with van der Waals surface area (Å²) < 4.78 is 6.46. The Morgan fingerprint density at radius 2 is 2.29 bits per heavy atom. The number of anilines is 1. The molecule has 0 fully saturated rings. The third-order valence-corrected chi connectivity index (χ3v) is 3.90. The summed E-state index contributed by atoms with van der Waals surface area (Å²) in [5.74, 6) is 0.866. The maximum absolute atomic E-state index is 5.94. The van der Waals surface area contributed by atoms with Crippen molar-refractivity contribution in [3.8, 4) is 5.75 Å². The molecule has 14 heavy (non-hydrogen) atoms. The summed E-state index contributed by atoms with van der Waals surface area (Å²) in [5, 5.41) is 3.26. The number of ether oxygens (including phenoxy) is 1. The second kappa shape index (κ2) is 3.71. The van der Waals surface area contributed by atoms with Gasteiger partial charge in [0.25, 0.3) is 0 Å². The van der Waals surface area contributed by atoms with Gasteiger partial charge in [0.1, 0.15) is 5.75 Å². The van der Waals surface area contributed by atoms with Gasteiger partial charge in [0.05, 0.1) is 11.8 Å².